The van der Waals surface area contributed by atoms with Crippen molar-refractivity contribution in [3.8, 4) is 0 Å². The monoisotopic (exact) mass is 254 g/mol. The van der Waals surface area contributed by atoms with Crippen molar-refractivity contribution in [2.24, 2.45) is 0 Å². The molecule has 0 saturated heterocycles. The van der Waals surface area contributed by atoms with Gasteiger partial charge in [0.1, 0.15) is 0 Å². The van der Waals surface area contributed by atoms with Crippen molar-refractivity contribution in [2.75, 3.05) is 5.75 Å². The molecule has 0 bridgehead atoms. The summed E-state index contributed by atoms with van der Waals surface area (Å²) >= 11 is 0. The molecule has 4 nitrogen and oxygen atoms in total. The number of carboxylic acids is 1. The summed E-state index contributed by atoms with van der Waals surface area (Å²) in [5.41, 5.74) is 0.791. The van der Waals surface area contributed by atoms with Crippen molar-refractivity contribution in [1.82, 2.24) is 0 Å². The maximum absolute atomic E-state index is 12.0. The van der Waals surface area contributed by atoms with Crippen molar-refractivity contribution >= 4 is 15.8 Å². The summed E-state index contributed by atoms with van der Waals surface area (Å²) in [6.45, 7) is 6.67. The molecule has 0 saturated carbocycles. The molecule has 0 amide bonds. The van der Waals surface area contributed by atoms with Gasteiger partial charge in [0, 0.05) is 0 Å². The van der Waals surface area contributed by atoms with Gasteiger partial charge in [-0.2, -0.15) is 0 Å². The fraction of sp³-hybridized carbons (Fsp3) is 0.250. The SMILES string of the molecule is C=C(C)CS(=O)(=O)c1cccc(C(=O)O)c1C. The maximum atomic E-state index is 12.0. The number of benzene rings is 1. The topological polar surface area (TPSA) is 71.4 Å². The second-order valence-electron chi connectivity index (χ2n) is 3.95. The van der Waals surface area contributed by atoms with Crippen LogP contribution >= 0.6 is 0 Å². The van der Waals surface area contributed by atoms with Crippen molar-refractivity contribution in [1.29, 1.82) is 0 Å². The Morgan fingerprint density at radius 2 is 2.00 bits per heavy atom. The van der Waals surface area contributed by atoms with Crippen molar-refractivity contribution in [3.05, 3.63) is 41.5 Å². The Kier molecular flexibility index (Phi) is 3.72. The third kappa shape index (κ3) is 2.94. The largest absolute Gasteiger partial charge is 0.478 e. The Hall–Kier alpha value is -1.62. The molecule has 0 aliphatic heterocycles. The zero-order chi connectivity index (χ0) is 13.2. The van der Waals surface area contributed by atoms with Crippen LogP contribution in [-0.2, 0) is 9.84 Å². The minimum Gasteiger partial charge on any atom is -0.478 e. The van der Waals surface area contributed by atoms with Gasteiger partial charge >= 0.3 is 5.97 Å². The van der Waals surface area contributed by atoms with E-state index in [1.54, 1.807) is 6.92 Å². The van der Waals surface area contributed by atoms with E-state index in [9.17, 15) is 13.2 Å². The van der Waals surface area contributed by atoms with E-state index >= 15 is 0 Å². The highest BCUT2D eigenvalue weighted by atomic mass is 32.2. The lowest BCUT2D eigenvalue weighted by molar-refractivity contribution is 0.0696. The van der Waals surface area contributed by atoms with Gasteiger partial charge in [-0.3, -0.25) is 0 Å². The molecule has 0 spiro atoms. The summed E-state index contributed by atoms with van der Waals surface area (Å²) in [4.78, 5) is 11.0. The lowest BCUT2D eigenvalue weighted by Gasteiger charge is -2.09. The van der Waals surface area contributed by atoms with Crippen LogP contribution in [0.25, 0.3) is 0 Å². The van der Waals surface area contributed by atoms with Gasteiger partial charge in [0.2, 0.25) is 0 Å². The summed E-state index contributed by atoms with van der Waals surface area (Å²) in [6.07, 6.45) is 0. The van der Waals surface area contributed by atoms with Gasteiger partial charge in [-0.1, -0.05) is 18.2 Å². The molecule has 0 radical (unpaired) electrons. The Balaban J connectivity index is 3.38. The molecule has 1 aromatic carbocycles. The number of hydrogen-bond donors (Lipinski definition) is 1. The molecule has 0 atom stereocenters. The number of aromatic carboxylic acids is 1. The predicted octanol–water partition coefficient (Wildman–Crippen LogP) is 2.04. The van der Waals surface area contributed by atoms with Gasteiger partial charge in [0.15, 0.2) is 9.84 Å². The van der Waals surface area contributed by atoms with Crippen LogP contribution < -0.4 is 0 Å². The molecule has 0 aliphatic rings. The van der Waals surface area contributed by atoms with Crippen molar-refractivity contribution in [2.45, 2.75) is 18.7 Å². The Labute approximate surface area is 101 Å². The van der Waals surface area contributed by atoms with E-state index in [-0.39, 0.29) is 21.8 Å². The smallest absolute Gasteiger partial charge is 0.335 e. The van der Waals surface area contributed by atoms with Gasteiger partial charge in [0.25, 0.3) is 0 Å². The zero-order valence-corrected chi connectivity index (χ0v) is 10.5. The number of hydrogen-bond acceptors (Lipinski definition) is 3. The standard InChI is InChI=1S/C12H14O4S/c1-8(2)7-17(15,16)11-6-4-5-10(9(11)3)12(13)14/h4-6H,1,7H2,2-3H3,(H,13,14). The molecular formula is C12H14O4S. The second-order valence-corrected chi connectivity index (χ2v) is 5.91. The molecule has 0 heterocycles. The highest BCUT2D eigenvalue weighted by Crippen LogP contribution is 2.21. The molecule has 92 valence electrons. The van der Waals surface area contributed by atoms with E-state index in [0.29, 0.717) is 5.57 Å². The van der Waals surface area contributed by atoms with Crippen LogP contribution in [-0.4, -0.2) is 25.2 Å². The molecule has 1 aromatic rings. The number of carbonyl (C=O) groups is 1. The lowest BCUT2D eigenvalue weighted by Crippen LogP contribution is -2.11. The lowest BCUT2D eigenvalue weighted by atomic mass is 10.1. The summed E-state index contributed by atoms with van der Waals surface area (Å²) in [5, 5.41) is 8.93. The van der Waals surface area contributed by atoms with Gasteiger partial charge in [-0.05, 0) is 31.5 Å². The molecule has 1 rings (SSSR count). The van der Waals surface area contributed by atoms with Gasteiger partial charge in [-0.15, -0.1) is 0 Å². The average molecular weight is 254 g/mol. The van der Waals surface area contributed by atoms with Gasteiger partial charge in [-0.25, -0.2) is 13.2 Å². The predicted molar refractivity (Wildman–Crippen MR) is 65.0 cm³/mol. The van der Waals surface area contributed by atoms with E-state index in [0.717, 1.165) is 0 Å². The van der Waals surface area contributed by atoms with E-state index in [2.05, 4.69) is 6.58 Å². The second kappa shape index (κ2) is 4.71. The van der Waals surface area contributed by atoms with Gasteiger partial charge < -0.3 is 5.11 Å². The zero-order valence-electron chi connectivity index (χ0n) is 9.73. The maximum Gasteiger partial charge on any atom is 0.335 e. The van der Waals surface area contributed by atoms with Crippen LogP contribution in [0.15, 0.2) is 35.2 Å². The van der Waals surface area contributed by atoms with Gasteiger partial charge in [0.05, 0.1) is 16.2 Å². The first-order chi connectivity index (χ1) is 7.75. The first-order valence-electron chi connectivity index (χ1n) is 4.95. The van der Waals surface area contributed by atoms with E-state index in [1.165, 1.54) is 25.1 Å². The molecule has 0 aliphatic carbocycles. The summed E-state index contributed by atoms with van der Waals surface area (Å²) in [6, 6.07) is 4.24. The number of sulfone groups is 1. The van der Waals surface area contributed by atoms with Crippen LogP contribution in [0.4, 0.5) is 0 Å². The minimum atomic E-state index is -3.51. The fourth-order valence-corrected chi connectivity index (χ4v) is 3.25. The number of rotatable bonds is 4. The Morgan fingerprint density at radius 1 is 1.41 bits per heavy atom. The molecule has 17 heavy (non-hydrogen) atoms. The van der Waals surface area contributed by atoms with Crippen LogP contribution in [0.1, 0.15) is 22.8 Å². The first-order valence-corrected chi connectivity index (χ1v) is 6.61. The molecule has 0 unspecified atom stereocenters. The summed E-state index contributed by atoms with van der Waals surface area (Å²) < 4.78 is 24.0. The Morgan fingerprint density at radius 3 is 2.47 bits per heavy atom. The third-order valence-electron chi connectivity index (χ3n) is 2.29. The minimum absolute atomic E-state index is 0.00721. The van der Waals surface area contributed by atoms with Crippen molar-refractivity contribution in [3.63, 3.8) is 0 Å². The third-order valence-corrected chi connectivity index (χ3v) is 4.27. The highest BCUT2D eigenvalue weighted by molar-refractivity contribution is 7.91. The van der Waals surface area contributed by atoms with Crippen molar-refractivity contribution < 1.29 is 18.3 Å². The molecule has 0 fully saturated rings. The first kappa shape index (κ1) is 13.4. The summed E-state index contributed by atoms with van der Waals surface area (Å²) in [7, 11) is -3.51. The molecule has 5 heteroatoms. The quantitative estimate of drug-likeness (QED) is 0.835. The summed E-state index contributed by atoms with van der Waals surface area (Å²) in [5.74, 6) is -1.30. The van der Waals surface area contributed by atoms with E-state index < -0.39 is 15.8 Å². The molecular weight excluding hydrogens is 240 g/mol. The molecule has 1 N–H and O–H groups in total. The van der Waals surface area contributed by atoms with E-state index in [1.807, 2.05) is 0 Å². The van der Waals surface area contributed by atoms with Crippen LogP contribution in [0.5, 0.6) is 0 Å². The normalized spacial score (nSPS) is 11.2. The molecule has 0 aromatic heterocycles. The highest BCUT2D eigenvalue weighted by Gasteiger charge is 2.20. The number of carboxylic acid groups (broad SMARTS) is 1. The van der Waals surface area contributed by atoms with E-state index in [4.69, 9.17) is 5.11 Å². The fourth-order valence-electron chi connectivity index (χ4n) is 1.59. The average Bonchev–Trinajstić information content (AvgIpc) is 2.14. The van der Waals surface area contributed by atoms with Crippen LogP contribution in [0, 0.1) is 6.92 Å². The van der Waals surface area contributed by atoms with Crippen LogP contribution in [0.2, 0.25) is 0 Å². The van der Waals surface area contributed by atoms with Crippen LogP contribution in [0.3, 0.4) is 0 Å². The Bertz CT molecular complexity index is 570.